The molecule has 0 amide bonds. The number of nitrogens with zero attached hydrogens (tertiary/aromatic N) is 3. The van der Waals surface area contributed by atoms with Gasteiger partial charge < -0.3 is 29.6 Å². The molecule has 0 radical (unpaired) electrons. The van der Waals surface area contributed by atoms with Gasteiger partial charge in [0.25, 0.3) is 0 Å². The van der Waals surface area contributed by atoms with E-state index in [9.17, 15) is 18.0 Å². The highest BCUT2D eigenvalue weighted by Gasteiger charge is 2.29. The summed E-state index contributed by atoms with van der Waals surface area (Å²) in [5.74, 6) is 0.371. The van der Waals surface area contributed by atoms with Crippen LogP contribution in [0.3, 0.4) is 0 Å². The van der Waals surface area contributed by atoms with Gasteiger partial charge in [-0.2, -0.15) is 28.1 Å². The molecule has 39 heavy (non-hydrogen) atoms. The number of hydrogen-bond donors (Lipinski definition) is 2. The first-order chi connectivity index (χ1) is 18.8. The van der Waals surface area contributed by atoms with E-state index in [0.717, 1.165) is 37.0 Å². The van der Waals surface area contributed by atoms with Crippen LogP contribution in [0.25, 0.3) is 0 Å². The molecule has 0 saturated heterocycles. The number of anilines is 3. The summed E-state index contributed by atoms with van der Waals surface area (Å²) in [6.45, 7) is -0.338. The zero-order chi connectivity index (χ0) is 27.7. The van der Waals surface area contributed by atoms with E-state index in [-0.39, 0.29) is 29.8 Å². The molecule has 13 heteroatoms. The van der Waals surface area contributed by atoms with Crippen molar-refractivity contribution in [3.05, 3.63) is 53.6 Å². The first-order valence-electron chi connectivity index (χ1n) is 12.3. The number of fused-ring (bicyclic) bond motifs is 10. The van der Waals surface area contributed by atoms with E-state index in [1.807, 2.05) is 24.3 Å². The molecule has 3 heterocycles. The van der Waals surface area contributed by atoms with E-state index >= 15 is 0 Å². The van der Waals surface area contributed by atoms with E-state index in [2.05, 4.69) is 25.6 Å². The minimum atomic E-state index is -4.57. The SMILES string of the molecule is COC(=O)c1ccc2cc1OCCCCCCOc1ccc(cc1)CNc1nc(nc(OCC(F)(F)F)n1)N2. The number of benzene rings is 2. The summed E-state index contributed by atoms with van der Waals surface area (Å²) in [7, 11) is 1.27. The van der Waals surface area contributed by atoms with Crippen LogP contribution in [-0.2, 0) is 11.3 Å². The number of esters is 1. The Labute approximate surface area is 222 Å². The second kappa shape index (κ2) is 13.0. The molecule has 2 N–H and O–H groups in total. The van der Waals surface area contributed by atoms with E-state index in [1.165, 1.54) is 13.2 Å². The fourth-order valence-electron chi connectivity index (χ4n) is 3.64. The number of nitrogens with one attached hydrogen (secondary N) is 2. The molecule has 5 rings (SSSR count). The lowest BCUT2D eigenvalue weighted by atomic mass is 10.1. The minimum Gasteiger partial charge on any atom is -0.494 e. The van der Waals surface area contributed by atoms with Crippen LogP contribution in [0.4, 0.5) is 30.8 Å². The van der Waals surface area contributed by atoms with E-state index in [4.69, 9.17) is 18.9 Å². The number of methoxy groups -OCH3 is 1. The average molecular weight is 548 g/mol. The van der Waals surface area contributed by atoms with Crippen LogP contribution in [0.15, 0.2) is 42.5 Å². The first kappa shape index (κ1) is 27.7. The number of ether oxygens (including phenoxy) is 4. The van der Waals surface area contributed by atoms with Crippen LogP contribution in [0, 0.1) is 0 Å². The molecule has 208 valence electrons. The molecule has 6 bridgehead atoms. The number of carbonyl (C=O) groups is 1. The highest BCUT2D eigenvalue weighted by Crippen LogP contribution is 2.27. The number of halogens is 3. The van der Waals surface area contributed by atoms with Crippen molar-refractivity contribution < 1.29 is 36.9 Å². The normalized spacial score (nSPS) is 14.5. The molecule has 0 unspecified atom stereocenters. The topological polar surface area (TPSA) is 117 Å². The Morgan fingerprint density at radius 3 is 2.38 bits per heavy atom. The van der Waals surface area contributed by atoms with Gasteiger partial charge in [0.1, 0.15) is 17.1 Å². The zero-order valence-electron chi connectivity index (χ0n) is 21.2. The molecule has 0 saturated carbocycles. The maximum atomic E-state index is 12.8. The van der Waals surface area contributed by atoms with Gasteiger partial charge in [-0.15, -0.1) is 0 Å². The second-order valence-electron chi connectivity index (χ2n) is 8.61. The Hall–Kier alpha value is -4.29. The average Bonchev–Trinajstić information content (AvgIpc) is 2.92. The summed E-state index contributed by atoms with van der Waals surface area (Å²) < 4.78 is 59.6. The van der Waals surface area contributed by atoms with E-state index in [1.54, 1.807) is 12.1 Å². The monoisotopic (exact) mass is 547 g/mol. The van der Waals surface area contributed by atoms with Crippen LogP contribution in [0.1, 0.15) is 41.6 Å². The third kappa shape index (κ3) is 8.62. The Morgan fingerprint density at radius 1 is 0.949 bits per heavy atom. The standard InChI is InChI=1S/C26H28F3N5O5/c1-36-22(35)20-11-8-18-14-21(20)38-13-5-3-2-4-12-37-19-9-6-17(7-10-19)15-30-23-32-24(31-18)34-25(33-23)39-16-26(27,28)29/h6-11,14H,2-5,12-13,15-16H2,1H3,(H2,30,31,32,33,34). The van der Waals surface area contributed by atoms with Gasteiger partial charge in [-0.25, -0.2) is 4.79 Å². The third-order valence-corrected chi connectivity index (χ3v) is 5.56. The second-order valence-corrected chi connectivity index (χ2v) is 8.61. The number of alkyl halides is 3. The van der Waals surface area contributed by atoms with Crippen molar-refractivity contribution in [1.29, 1.82) is 0 Å². The Bertz CT molecular complexity index is 1260. The van der Waals surface area contributed by atoms with Crippen molar-refractivity contribution >= 4 is 23.6 Å². The third-order valence-electron chi connectivity index (χ3n) is 5.56. The molecule has 0 atom stereocenters. The summed E-state index contributed by atoms with van der Waals surface area (Å²) in [6.07, 6.45) is -1.07. The van der Waals surface area contributed by atoms with Crippen molar-refractivity contribution in [3.8, 4) is 17.5 Å². The maximum Gasteiger partial charge on any atom is 0.422 e. The largest absolute Gasteiger partial charge is 0.494 e. The number of carbonyl (C=O) groups excluding carboxylic acids is 1. The van der Waals surface area contributed by atoms with E-state index in [0.29, 0.717) is 18.9 Å². The molecular formula is C26H28F3N5O5. The van der Waals surface area contributed by atoms with Gasteiger partial charge in [0, 0.05) is 18.3 Å². The van der Waals surface area contributed by atoms with E-state index < -0.39 is 24.8 Å². The molecule has 0 fully saturated rings. The molecule has 0 spiro atoms. The van der Waals surface area contributed by atoms with Gasteiger partial charge in [-0.05, 0) is 55.5 Å². The van der Waals surface area contributed by atoms with Gasteiger partial charge in [-0.1, -0.05) is 12.1 Å². The molecule has 0 aliphatic carbocycles. The molecule has 2 aromatic carbocycles. The number of hydrogen-bond acceptors (Lipinski definition) is 10. The molecule has 10 nitrogen and oxygen atoms in total. The lowest BCUT2D eigenvalue weighted by molar-refractivity contribution is -0.154. The van der Waals surface area contributed by atoms with Crippen molar-refractivity contribution in [3.63, 3.8) is 0 Å². The highest BCUT2D eigenvalue weighted by atomic mass is 19.4. The van der Waals surface area contributed by atoms with Crippen LogP contribution >= 0.6 is 0 Å². The van der Waals surface area contributed by atoms with Gasteiger partial charge in [0.05, 0.1) is 20.3 Å². The Balaban J connectivity index is 1.63. The minimum absolute atomic E-state index is 0.00135. The fraction of sp³-hybridized carbons (Fsp3) is 0.385. The Kier molecular flexibility index (Phi) is 9.23. The lowest BCUT2D eigenvalue weighted by Gasteiger charge is -2.14. The molecule has 2 aliphatic rings. The first-order valence-corrected chi connectivity index (χ1v) is 12.3. The number of rotatable bonds is 3. The fourth-order valence-corrected chi connectivity index (χ4v) is 3.64. The van der Waals surface area contributed by atoms with Crippen LogP contribution in [-0.4, -0.2) is 54.0 Å². The summed E-state index contributed by atoms with van der Waals surface area (Å²) in [5.41, 5.74) is 1.53. The van der Waals surface area contributed by atoms with Gasteiger partial charge in [-0.3, -0.25) is 0 Å². The molecular weight excluding hydrogens is 519 g/mol. The smallest absolute Gasteiger partial charge is 0.422 e. The quantitative estimate of drug-likeness (QED) is 0.419. The highest BCUT2D eigenvalue weighted by molar-refractivity contribution is 5.93. The lowest BCUT2D eigenvalue weighted by Crippen LogP contribution is -2.21. The molecule has 2 aliphatic heterocycles. The zero-order valence-corrected chi connectivity index (χ0v) is 21.2. The summed E-state index contributed by atoms with van der Waals surface area (Å²) >= 11 is 0. The van der Waals surface area contributed by atoms with Crippen LogP contribution < -0.4 is 24.8 Å². The predicted octanol–water partition coefficient (Wildman–Crippen LogP) is 5.29. The predicted molar refractivity (Wildman–Crippen MR) is 136 cm³/mol. The number of aromatic nitrogens is 3. The maximum absolute atomic E-state index is 12.8. The van der Waals surface area contributed by atoms with Gasteiger partial charge in [0.2, 0.25) is 11.9 Å². The molecule has 1 aromatic heterocycles. The van der Waals surface area contributed by atoms with Crippen molar-refractivity contribution in [2.75, 3.05) is 37.6 Å². The van der Waals surface area contributed by atoms with Crippen molar-refractivity contribution in [2.45, 2.75) is 38.4 Å². The summed E-state index contributed by atoms with van der Waals surface area (Å²) in [4.78, 5) is 24.4. The van der Waals surface area contributed by atoms with Gasteiger partial charge in [0.15, 0.2) is 6.61 Å². The van der Waals surface area contributed by atoms with Crippen molar-refractivity contribution in [1.82, 2.24) is 15.0 Å². The summed E-state index contributed by atoms with van der Waals surface area (Å²) in [6, 6.07) is 11.6. The summed E-state index contributed by atoms with van der Waals surface area (Å²) in [5, 5.41) is 5.90. The molecule has 3 aromatic rings. The van der Waals surface area contributed by atoms with Crippen LogP contribution in [0.2, 0.25) is 0 Å². The Morgan fingerprint density at radius 2 is 1.67 bits per heavy atom. The van der Waals surface area contributed by atoms with Crippen LogP contribution in [0.5, 0.6) is 17.5 Å². The van der Waals surface area contributed by atoms with Crippen molar-refractivity contribution in [2.24, 2.45) is 0 Å². The van der Waals surface area contributed by atoms with Gasteiger partial charge >= 0.3 is 18.2 Å².